The first-order valence-electron chi connectivity index (χ1n) is 22.7. The van der Waals surface area contributed by atoms with Crippen molar-refractivity contribution in [1.82, 2.24) is 29.5 Å². The van der Waals surface area contributed by atoms with E-state index in [1.54, 1.807) is 38.4 Å². The third kappa shape index (κ3) is 10.6. The van der Waals surface area contributed by atoms with Crippen LogP contribution in [0.3, 0.4) is 0 Å². The van der Waals surface area contributed by atoms with Gasteiger partial charge in [-0.05, 0) is 109 Å². The highest BCUT2D eigenvalue weighted by atomic mass is 32.2. The van der Waals surface area contributed by atoms with Crippen molar-refractivity contribution >= 4 is 19.7 Å². The molecule has 2 aliphatic rings. The first-order chi connectivity index (χ1) is 35.1. The fourth-order valence-corrected chi connectivity index (χ4v) is 11.7. The summed E-state index contributed by atoms with van der Waals surface area (Å²) >= 11 is 0. The van der Waals surface area contributed by atoms with E-state index in [0.29, 0.717) is 69.1 Å². The number of alkyl halides is 6. The van der Waals surface area contributed by atoms with E-state index in [4.69, 9.17) is 9.47 Å². The first-order valence-corrected chi connectivity index (χ1v) is 26.0. The number of ether oxygens (including phenoxy) is 2. The SMILES string of the molecule is Cn1nccc1-c1cc(C(F)(F)F)ccc1[C@@H]1CCOc2cc(S(=O)(=O)Cc3ncccc3F)ccc21.Cn1nccc1-c1cc(C(F)(F)F)ccc1[C@H]1CCOc2cc(S(=O)(=O)Cc3ncccc3F)ccc21. The Hall–Kier alpha value is -7.46. The van der Waals surface area contributed by atoms with Crippen LogP contribution in [0, 0.1) is 11.6 Å². The van der Waals surface area contributed by atoms with Gasteiger partial charge in [0, 0.05) is 73.0 Å². The number of benzene rings is 4. The Bertz CT molecular complexity index is 3400. The van der Waals surface area contributed by atoms with Gasteiger partial charge in [-0.2, -0.15) is 36.5 Å². The molecule has 4 aromatic heterocycles. The van der Waals surface area contributed by atoms with Gasteiger partial charge in [-0.15, -0.1) is 0 Å². The lowest BCUT2D eigenvalue weighted by molar-refractivity contribution is -0.138. The van der Waals surface area contributed by atoms with Gasteiger partial charge < -0.3 is 9.47 Å². The Morgan fingerprint density at radius 2 is 0.919 bits per heavy atom. The third-order valence-corrected chi connectivity index (χ3v) is 16.0. The summed E-state index contributed by atoms with van der Waals surface area (Å²) in [5, 5.41) is 8.21. The molecule has 0 saturated carbocycles. The van der Waals surface area contributed by atoms with Crippen molar-refractivity contribution in [2.24, 2.45) is 14.1 Å². The number of sulfone groups is 2. The number of aryl methyl sites for hydroxylation is 2. The molecule has 10 rings (SSSR count). The molecule has 0 radical (unpaired) electrons. The largest absolute Gasteiger partial charge is 0.493 e. The maximum Gasteiger partial charge on any atom is 0.416 e. The van der Waals surface area contributed by atoms with E-state index < -0.39 is 66.3 Å². The average Bonchev–Trinajstić information content (AvgIpc) is 4.01. The minimum absolute atomic E-state index is 0.0590. The molecule has 0 fully saturated rings. The van der Waals surface area contributed by atoms with Crippen molar-refractivity contribution < 1.29 is 61.4 Å². The molecule has 384 valence electrons. The van der Waals surface area contributed by atoms with Crippen molar-refractivity contribution in [1.29, 1.82) is 0 Å². The van der Waals surface area contributed by atoms with Crippen LogP contribution < -0.4 is 9.47 Å². The number of hydrogen-bond donors (Lipinski definition) is 0. The van der Waals surface area contributed by atoms with Gasteiger partial charge in [0.2, 0.25) is 0 Å². The monoisotopic (exact) mass is 1060 g/mol. The molecule has 2 aliphatic heterocycles. The van der Waals surface area contributed by atoms with E-state index >= 15 is 0 Å². The van der Waals surface area contributed by atoms with E-state index in [9.17, 15) is 52.0 Å². The van der Waals surface area contributed by atoms with Crippen LogP contribution in [0.2, 0.25) is 0 Å². The van der Waals surface area contributed by atoms with Gasteiger partial charge in [-0.25, -0.2) is 25.6 Å². The van der Waals surface area contributed by atoms with Crippen molar-refractivity contribution in [2.75, 3.05) is 13.2 Å². The number of hydrogen-bond acceptors (Lipinski definition) is 10. The summed E-state index contributed by atoms with van der Waals surface area (Å²) in [5.41, 5.74) is 2.47. The number of aromatic nitrogens is 6. The highest BCUT2D eigenvalue weighted by Crippen LogP contribution is 2.46. The van der Waals surface area contributed by atoms with Gasteiger partial charge >= 0.3 is 12.4 Å². The summed E-state index contributed by atoms with van der Waals surface area (Å²) in [6.45, 7) is 0.476. The molecule has 0 N–H and O–H groups in total. The zero-order chi connectivity index (χ0) is 52.7. The molecule has 0 unspecified atom stereocenters. The predicted molar refractivity (Wildman–Crippen MR) is 254 cm³/mol. The molecule has 74 heavy (non-hydrogen) atoms. The zero-order valence-corrected chi connectivity index (χ0v) is 40.7. The Labute approximate surface area is 419 Å². The van der Waals surface area contributed by atoms with Crippen molar-refractivity contribution in [3.63, 3.8) is 0 Å². The van der Waals surface area contributed by atoms with Gasteiger partial charge in [0.25, 0.3) is 0 Å². The van der Waals surface area contributed by atoms with Crippen LogP contribution in [0.4, 0.5) is 35.1 Å². The van der Waals surface area contributed by atoms with Gasteiger partial charge in [0.15, 0.2) is 19.7 Å². The summed E-state index contributed by atoms with van der Waals surface area (Å²) in [5.74, 6) is -2.74. The predicted octanol–water partition coefficient (Wildman–Crippen LogP) is 11.1. The highest BCUT2D eigenvalue weighted by Gasteiger charge is 2.36. The topological polar surface area (TPSA) is 148 Å². The molecule has 0 aliphatic carbocycles. The molecule has 6 heterocycles. The van der Waals surface area contributed by atoms with E-state index in [-0.39, 0.29) is 46.2 Å². The second-order valence-corrected chi connectivity index (χ2v) is 21.4. The van der Waals surface area contributed by atoms with Crippen molar-refractivity contribution in [3.8, 4) is 34.0 Å². The number of fused-ring (bicyclic) bond motifs is 2. The second-order valence-electron chi connectivity index (χ2n) is 17.4. The van der Waals surface area contributed by atoms with Crippen LogP contribution >= 0.6 is 0 Å². The summed E-state index contributed by atoms with van der Waals surface area (Å²) in [7, 11) is -4.58. The number of pyridine rings is 2. The molecule has 8 aromatic rings. The maximum atomic E-state index is 14.0. The highest BCUT2D eigenvalue weighted by molar-refractivity contribution is 7.91. The number of halogens is 8. The van der Waals surface area contributed by atoms with E-state index in [0.717, 1.165) is 36.4 Å². The molecule has 0 amide bonds. The summed E-state index contributed by atoms with van der Waals surface area (Å²) < 4.78 is 176. The van der Waals surface area contributed by atoms with Crippen LogP contribution in [0.15, 0.2) is 144 Å². The van der Waals surface area contributed by atoms with E-state index in [1.807, 2.05) is 0 Å². The smallest absolute Gasteiger partial charge is 0.416 e. The van der Waals surface area contributed by atoms with Crippen LogP contribution in [-0.2, 0) is 57.6 Å². The molecule has 0 spiro atoms. The molecule has 0 bridgehead atoms. The van der Waals surface area contributed by atoms with E-state index in [2.05, 4.69) is 20.2 Å². The Kier molecular flexibility index (Phi) is 14.0. The fourth-order valence-electron chi connectivity index (χ4n) is 9.14. The molecule has 12 nitrogen and oxygen atoms in total. The van der Waals surface area contributed by atoms with Crippen LogP contribution in [0.1, 0.15) is 69.4 Å². The minimum Gasteiger partial charge on any atom is -0.493 e. The van der Waals surface area contributed by atoms with Gasteiger partial charge in [-0.1, -0.05) is 24.3 Å². The lowest BCUT2D eigenvalue weighted by Crippen LogP contribution is -2.18. The zero-order valence-electron chi connectivity index (χ0n) is 39.1. The van der Waals surface area contributed by atoms with Crippen LogP contribution in [0.25, 0.3) is 22.5 Å². The molecular formula is C52H42F8N6O6S2. The normalized spacial score (nSPS) is 15.8. The summed E-state index contributed by atoms with van der Waals surface area (Å²) in [6, 6.07) is 24.3. The minimum atomic E-state index is -4.52. The second kappa shape index (κ2) is 20.1. The molecule has 2 atom stereocenters. The van der Waals surface area contributed by atoms with E-state index in [1.165, 1.54) is 82.7 Å². The quantitative estimate of drug-likeness (QED) is 0.121. The van der Waals surface area contributed by atoms with Gasteiger partial charge in [0.1, 0.15) is 23.1 Å². The molecule has 22 heteroatoms. The number of rotatable bonds is 10. The molecule has 4 aromatic carbocycles. The van der Waals surface area contributed by atoms with Crippen molar-refractivity contribution in [2.45, 2.75) is 58.3 Å². The maximum absolute atomic E-state index is 14.0. The summed E-state index contributed by atoms with van der Waals surface area (Å²) in [4.78, 5) is 7.52. The Balaban J connectivity index is 0.000000182. The van der Waals surface area contributed by atoms with Gasteiger partial charge in [0.05, 0.1) is 68.4 Å². The molecular weight excluding hydrogens is 1020 g/mol. The first kappa shape index (κ1) is 51.4. The standard InChI is InChI=1S/2C26H21F4N3O3S/c2*1-33-24(8-11-32-33)21-13-16(26(28,29)30)4-6-18(21)19-9-12-36-25-14-17(5-7-20(19)25)37(34,35)15-23-22(27)3-2-10-31-23/h2*2-8,10-11,13-14,19H,9,12,15H2,1H3/t2*19-/m10/s1. The molecule has 0 saturated heterocycles. The Morgan fingerprint density at radius 3 is 1.27 bits per heavy atom. The Morgan fingerprint density at radius 1 is 0.527 bits per heavy atom. The van der Waals surface area contributed by atoms with Crippen LogP contribution in [0.5, 0.6) is 11.5 Å². The lowest BCUT2D eigenvalue weighted by Gasteiger charge is -2.28. The average molecular weight is 1060 g/mol. The lowest BCUT2D eigenvalue weighted by atomic mass is 9.83. The fraction of sp³-hybridized carbons (Fsp3) is 0.231. The van der Waals surface area contributed by atoms with Gasteiger partial charge in [-0.3, -0.25) is 19.3 Å². The number of nitrogens with zero attached hydrogens (tertiary/aromatic N) is 6. The van der Waals surface area contributed by atoms with Crippen molar-refractivity contribution in [3.05, 3.63) is 190 Å². The third-order valence-electron chi connectivity index (χ3n) is 12.8. The summed E-state index contributed by atoms with van der Waals surface area (Å²) in [6.07, 6.45) is -2.41. The van der Waals surface area contributed by atoms with Crippen LogP contribution in [-0.4, -0.2) is 59.6 Å².